The second-order valence-electron chi connectivity index (χ2n) is 7.79. The predicted octanol–water partition coefficient (Wildman–Crippen LogP) is 2.16. The first-order valence-electron chi connectivity index (χ1n) is 9.15. The molecule has 3 rings (SSSR count). The quantitative estimate of drug-likeness (QED) is 0.726. The van der Waals surface area contributed by atoms with Crippen LogP contribution < -0.4 is 10.6 Å². The van der Waals surface area contributed by atoms with Gasteiger partial charge in [-0.1, -0.05) is 11.6 Å². The summed E-state index contributed by atoms with van der Waals surface area (Å²) in [6, 6.07) is 3.52. The first kappa shape index (κ1) is 19.6. The maximum Gasteiger partial charge on any atom is 0.271 e. The van der Waals surface area contributed by atoms with Crippen LogP contribution in [-0.4, -0.2) is 44.5 Å². The molecule has 0 bridgehead atoms. The smallest absolute Gasteiger partial charge is 0.271 e. The molecule has 0 unspecified atom stereocenters. The highest BCUT2D eigenvalue weighted by Crippen LogP contribution is 2.25. The van der Waals surface area contributed by atoms with Crippen LogP contribution >= 0.6 is 11.6 Å². The van der Waals surface area contributed by atoms with Crippen LogP contribution in [0.1, 0.15) is 50.0 Å². The molecule has 2 aromatic rings. The Labute approximate surface area is 163 Å². The Morgan fingerprint density at radius 3 is 2.63 bits per heavy atom. The predicted molar refractivity (Wildman–Crippen MR) is 103 cm³/mol. The molecule has 1 aliphatic rings. The van der Waals surface area contributed by atoms with Crippen LogP contribution in [0.4, 0.5) is 0 Å². The molecule has 0 aromatic carbocycles. The lowest BCUT2D eigenvalue weighted by Gasteiger charge is -2.31. The van der Waals surface area contributed by atoms with Gasteiger partial charge in [-0.15, -0.1) is 0 Å². The van der Waals surface area contributed by atoms with Crippen LogP contribution in [0.3, 0.4) is 0 Å². The molecule has 2 heterocycles. The minimum absolute atomic E-state index is 0.0285. The van der Waals surface area contributed by atoms with Gasteiger partial charge in [0.25, 0.3) is 5.91 Å². The Hall–Kier alpha value is -2.12. The van der Waals surface area contributed by atoms with Gasteiger partial charge in [-0.3, -0.25) is 9.59 Å². The summed E-state index contributed by atoms with van der Waals surface area (Å²) < 4.78 is 1.72. The summed E-state index contributed by atoms with van der Waals surface area (Å²) in [6.07, 6.45) is 6.26. The third-order valence-electron chi connectivity index (χ3n) is 4.94. The van der Waals surface area contributed by atoms with Crippen LogP contribution in [0.5, 0.6) is 0 Å². The Kier molecular flexibility index (Phi) is 5.72. The highest BCUT2D eigenvalue weighted by atomic mass is 35.5. The van der Waals surface area contributed by atoms with E-state index in [0.717, 1.165) is 12.8 Å². The summed E-state index contributed by atoms with van der Waals surface area (Å²) in [6.45, 7) is 3.48. The van der Waals surface area contributed by atoms with E-state index in [2.05, 4.69) is 15.6 Å². The van der Waals surface area contributed by atoms with Gasteiger partial charge in [0.05, 0.1) is 17.2 Å². The number of carbonyl (C=O) groups excluding carboxylic acids is 2. The molecule has 7 nitrogen and oxygen atoms in total. The molecule has 0 saturated heterocycles. The van der Waals surface area contributed by atoms with Crippen molar-refractivity contribution in [2.75, 3.05) is 6.61 Å². The molecule has 146 valence electrons. The number of aliphatic hydroxyl groups is 1. The van der Waals surface area contributed by atoms with Gasteiger partial charge in [-0.25, -0.2) is 4.98 Å². The van der Waals surface area contributed by atoms with Crippen molar-refractivity contribution >= 4 is 29.1 Å². The van der Waals surface area contributed by atoms with Crippen molar-refractivity contribution in [2.24, 2.45) is 5.92 Å². The highest BCUT2D eigenvalue weighted by molar-refractivity contribution is 6.30. The molecule has 0 radical (unpaired) electrons. The molecule has 2 aromatic heterocycles. The first-order valence-corrected chi connectivity index (χ1v) is 9.53. The molecule has 0 atom stereocenters. The topological polar surface area (TPSA) is 95.7 Å². The normalized spacial score (nSPS) is 20.4. The van der Waals surface area contributed by atoms with E-state index in [4.69, 9.17) is 11.6 Å². The third-order valence-corrected chi connectivity index (χ3v) is 5.16. The number of hydrogen-bond acceptors (Lipinski definition) is 4. The summed E-state index contributed by atoms with van der Waals surface area (Å²) >= 11 is 5.96. The van der Waals surface area contributed by atoms with Crippen LogP contribution in [0.15, 0.2) is 24.5 Å². The Balaban J connectivity index is 1.54. The second kappa shape index (κ2) is 7.86. The summed E-state index contributed by atoms with van der Waals surface area (Å²) in [5.41, 5.74) is 0.395. The van der Waals surface area contributed by atoms with Gasteiger partial charge >= 0.3 is 0 Å². The summed E-state index contributed by atoms with van der Waals surface area (Å²) in [5.74, 6) is -0.332. The van der Waals surface area contributed by atoms with Crippen molar-refractivity contribution < 1.29 is 14.7 Å². The van der Waals surface area contributed by atoms with Crippen LogP contribution in [-0.2, 0) is 4.79 Å². The number of imidazole rings is 1. The van der Waals surface area contributed by atoms with Gasteiger partial charge in [0, 0.05) is 24.4 Å². The van der Waals surface area contributed by atoms with E-state index in [-0.39, 0.29) is 30.4 Å². The number of carbonyl (C=O) groups is 2. The van der Waals surface area contributed by atoms with Gasteiger partial charge in [0.2, 0.25) is 5.91 Å². The zero-order chi connectivity index (χ0) is 19.6. The number of amides is 2. The largest absolute Gasteiger partial charge is 0.394 e. The number of hydrogen-bond donors (Lipinski definition) is 3. The summed E-state index contributed by atoms with van der Waals surface area (Å²) in [7, 11) is 0. The number of nitrogens with one attached hydrogen (secondary N) is 2. The fourth-order valence-electron chi connectivity index (χ4n) is 3.31. The van der Waals surface area contributed by atoms with Crippen LogP contribution in [0.2, 0.25) is 5.02 Å². The van der Waals surface area contributed by atoms with E-state index >= 15 is 0 Å². The second-order valence-corrected chi connectivity index (χ2v) is 8.23. The van der Waals surface area contributed by atoms with Crippen molar-refractivity contribution in [2.45, 2.75) is 51.1 Å². The van der Waals surface area contributed by atoms with Crippen molar-refractivity contribution in [1.82, 2.24) is 20.0 Å². The standard InChI is InChI=1S/C19H25ClN4O3/c1-19(2,11-25)23-17(26)12-3-6-14(7-4-12)21-18(27)15-10-24-9-13(20)5-8-16(24)22-15/h5,8-10,12,14,25H,3-4,6-7,11H2,1-2H3,(H,21,27)(H,23,26). The first-order chi connectivity index (χ1) is 12.8. The lowest BCUT2D eigenvalue weighted by molar-refractivity contribution is -0.128. The molecule has 1 aliphatic carbocycles. The van der Waals surface area contributed by atoms with Crippen molar-refractivity contribution in [1.29, 1.82) is 0 Å². The maximum atomic E-state index is 12.5. The zero-order valence-electron chi connectivity index (χ0n) is 15.5. The van der Waals surface area contributed by atoms with Crippen molar-refractivity contribution in [3.63, 3.8) is 0 Å². The van der Waals surface area contributed by atoms with Gasteiger partial charge in [0.15, 0.2) is 0 Å². The molecular formula is C19H25ClN4O3. The average molecular weight is 393 g/mol. The summed E-state index contributed by atoms with van der Waals surface area (Å²) in [5, 5.41) is 15.7. The zero-order valence-corrected chi connectivity index (χ0v) is 16.3. The minimum atomic E-state index is -0.617. The van der Waals surface area contributed by atoms with Gasteiger partial charge < -0.3 is 20.1 Å². The number of aromatic nitrogens is 2. The summed E-state index contributed by atoms with van der Waals surface area (Å²) in [4.78, 5) is 29.1. The van der Waals surface area contributed by atoms with E-state index in [1.165, 1.54) is 0 Å². The molecule has 3 N–H and O–H groups in total. The van der Waals surface area contributed by atoms with E-state index in [1.807, 2.05) is 0 Å². The Bertz CT molecular complexity index is 841. The van der Waals surface area contributed by atoms with Gasteiger partial charge in [0.1, 0.15) is 11.3 Å². The van der Waals surface area contributed by atoms with E-state index in [1.54, 1.807) is 42.8 Å². The van der Waals surface area contributed by atoms with Crippen molar-refractivity contribution in [3.8, 4) is 0 Å². The molecule has 0 spiro atoms. The Morgan fingerprint density at radius 2 is 1.96 bits per heavy atom. The van der Waals surface area contributed by atoms with E-state index < -0.39 is 5.54 Å². The van der Waals surface area contributed by atoms with Crippen LogP contribution in [0.25, 0.3) is 5.65 Å². The molecule has 1 fully saturated rings. The van der Waals surface area contributed by atoms with Gasteiger partial charge in [-0.05, 0) is 51.7 Å². The Morgan fingerprint density at radius 1 is 1.26 bits per heavy atom. The van der Waals surface area contributed by atoms with Crippen molar-refractivity contribution in [3.05, 3.63) is 35.2 Å². The lowest BCUT2D eigenvalue weighted by atomic mass is 9.85. The fraction of sp³-hybridized carbons (Fsp3) is 0.526. The molecule has 2 amide bonds. The van der Waals surface area contributed by atoms with Gasteiger partial charge in [-0.2, -0.15) is 0 Å². The minimum Gasteiger partial charge on any atom is -0.394 e. The highest BCUT2D eigenvalue weighted by Gasteiger charge is 2.30. The number of rotatable bonds is 5. The average Bonchev–Trinajstić information content (AvgIpc) is 3.05. The number of aliphatic hydroxyl groups excluding tert-OH is 1. The third kappa shape index (κ3) is 4.78. The number of halogens is 1. The SMILES string of the molecule is CC(C)(CO)NC(=O)C1CCC(NC(=O)c2cn3cc(Cl)ccc3n2)CC1. The number of pyridine rings is 1. The van der Waals surface area contributed by atoms with Crippen LogP contribution in [0, 0.1) is 5.92 Å². The molecule has 8 heteroatoms. The molecule has 0 aliphatic heterocycles. The molecule has 1 saturated carbocycles. The fourth-order valence-corrected chi connectivity index (χ4v) is 3.48. The maximum absolute atomic E-state index is 12.5. The monoisotopic (exact) mass is 392 g/mol. The number of nitrogens with zero attached hydrogens (tertiary/aromatic N) is 2. The molecule has 27 heavy (non-hydrogen) atoms. The number of fused-ring (bicyclic) bond motifs is 1. The van der Waals surface area contributed by atoms with E-state index in [9.17, 15) is 14.7 Å². The molecular weight excluding hydrogens is 368 g/mol. The van der Waals surface area contributed by atoms with E-state index in [0.29, 0.717) is 29.2 Å². The lowest BCUT2D eigenvalue weighted by Crippen LogP contribution is -2.49.